The number of aromatic nitrogens is 1. The minimum atomic E-state index is -0.265. The van der Waals surface area contributed by atoms with Gasteiger partial charge in [0.15, 0.2) is 5.15 Å². The van der Waals surface area contributed by atoms with Crippen LogP contribution in [0.5, 0.6) is 0 Å². The molecular weight excluding hydrogens is 279 g/mol. The molecule has 0 aliphatic rings. The van der Waals surface area contributed by atoms with Crippen LogP contribution in [0.2, 0.25) is 10.2 Å². The zero-order chi connectivity index (χ0) is 12.4. The third kappa shape index (κ3) is 2.29. The van der Waals surface area contributed by atoms with Crippen molar-refractivity contribution in [3.8, 4) is 10.4 Å². The van der Waals surface area contributed by atoms with Crippen LogP contribution < -0.4 is 5.32 Å². The molecule has 0 spiro atoms. The lowest BCUT2D eigenvalue weighted by atomic mass is 10.1. The largest absolute Gasteiger partial charge is 0.355 e. The van der Waals surface area contributed by atoms with E-state index >= 15 is 0 Å². The fraction of sp³-hybridized carbons (Fsp3) is 0.0909. The van der Waals surface area contributed by atoms with Crippen molar-refractivity contribution >= 4 is 40.6 Å². The van der Waals surface area contributed by atoms with Crippen molar-refractivity contribution in [1.29, 1.82) is 0 Å². The maximum absolute atomic E-state index is 11.7. The highest BCUT2D eigenvalue weighted by molar-refractivity contribution is 7.10. The minimum absolute atomic E-state index is 0.198. The highest BCUT2D eigenvalue weighted by Crippen LogP contribution is 2.36. The summed E-state index contributed by atoms with van der Waals surface area (Å²) in [6, 6.07) is 7.27. The summed E-state index contributed by atoms with van der Waals surface area (Å²) in [5.74, 6) is -0.265. The first kappa shape index (κ1) is 12.4. The Morgan fingerprint density at radius 1 is 1.35 bits per heavy atom. The van der Waals surface area contributed by atoms with E-state index in [-0.39, 0.29) is 11.1 Å². The third-order valence-electron chi connectivity index (χ3n) is 2.22. The van der Waals surface area contributed by atoms with E-state index in [1.807, 2.05) is 18.2 Å². The highest BCUT2D eigenvalue weighted by Gasteiger charge is 2.21. The Balaban J connectivity index is 2.61. The predicted octanol–water partition coefficient (Wildman–Crippen LogP) is 3.48. The zero-order valence-corrected chi connectivity index (χ0v) is 11.2. The van der Waals surface area contributed by atoms with Crippen molar-refractivity contribution in [3.63, 3.8) is 0 Å². The SMILES string of the molecule is CNC(=O)c1c(Cl)nsc1-c1ccccc1Cl. The molecule has 2 rings (SSSR count). The van der Waals surface area contributed by atoms with Crippen molar-refractivity contribution in [3.05, 3.63) is 40.0 Å². The number of benzene rings is 1. The first-order chi connectivity index (χ1) is 8.15. The Hall–Kier alpha value is -1.10. The second-order valence-electron chi connectivity index (χ2n) is 3.24. The summed E-state index contributed by atoms with van der Waals surface area (Å²) < 4.78 is 3.99. The van der Waals surface area contributed by atoms with E-state index in [1.54, 1.807) is 13.1 Å². The summed E-state index contributed by atoms with van der Waals surface area (Å²) in [6.07, 6.45) is 0. The number of rotatable bonds is 2. The van der Waals surface area contributed by atoms with Gasteiger partial charge in [-0.15, -0.1) is 0 Å². The highest BCUT2D eigenvalue weighted by atomic mass is 35.5. The van der Waals surface area contributed by atoms with Crippen molar-refractivity contribution in [2.45, 2.75) is 0 Å². The molecule has 0 aliphatic heterocycles. The number of nitrogens with one attached hydrogen (secondary N) is 1. The van der Waals surface area contributed by atoms with Gasteiger partial charge in [0.2, 0.25) is 0 Å². The van der Waals surface area contributed by atoms with Gasteiger partial charge < -0.3 is 5.32 Å². The van der Waals surface area contributed by atoms with Crippen LogP contribution >= 0.6 is 34.7 Å². The lowest BCUT2D eigenvalue weighted by Crippen LogP contribution is -2.18. The average molecular weight is 287 g/mol. The first-order valence-corrected chi connectivity index (χ1v) is 6.30. The Kier molecular flexibility index (Phi) is 3.66. The predicted molar refractivity (Wildman–Crippen MR) is 71.0 cm³/mol. The molecule has 3 nitrogen and oxygen atoms in total. The van der Waals surface area contributed by atoms with Crippen LogP contribution in [0.15, 0.2) is 24.3 Å². The van der Waals surface area contributed by atoms with Crippen molar-refractivity contribution in [1.82, 2.24) is 9.69 Å². The molecule has 1 aromatic carbocycles. The number of hydrogen-bond acceptors (Lipinski definition) is 3. The second kappa shape index (κ2) is 5.04. The average Bonchev–Trinajstić information content (AvgIpc) is 2.71. The van der Waals surface area contributed by atoms with E-state index in [0.29, 0.717) is 15.5 Å². The van der Waals surface area contributed by atoms with Gasteiger partial charge in [-0.1, -0.05) is 41.4 Å². The fourth-order valence-corrected chi connectivity index (χ4v) is 2.87. The molecule has 2 aromatic rings. The van der Waals surface area contributed by atoms with E-state index in [4.69, 9.17) is 23.2 Å². The Morgan fingerprint density at radius 2 is 2.06 bits per heavy atom. The van der Waals surface area contributed by atoms with Crippen LogP contribution in [-0.2, 0) is 0 Å². The summed E-state index contributed by atoms with van der Waals surface area (Å²) >= 11 is 13.2. The van der Waals surface area contributed by atoms with Crippen molar-refractivity contribution in [2.75, 3.05) is 7.05 Å². The maximum atomic E-state index is 11.7. The van der Waals surface area contributed by atoms with Gasteiger partial charge in [0.05, 0.1) is 10.4 Å². The van der Waals surface area contributed by atoms with Gasteiger partial charge in [0.1, 0.15) is 0 Å². The van der Waals surface area contributed by atoms with Crippen LogP contribution in [0, 0.1) is 0 Å². The van der Waals surface area contributed by atoms with Crippen LogP contribution in [0.1, 0.15) is 10.4 Å². The lowest BCUT2D eigenvalue weighted by Gasteiger charge is -2.04. The topological polar surface area (TPSA) is 42.0 Å². The molecule has 1 heterocycles. The van der Waals surface area contributed by atoms with E-state index < -0.39 is 0 Å². The van der Waals surface area contributed by atoms with Gasteiger partial charge in [0.25, 0.3) is 5.91 Å². The Morgan fingerprint density at radius 3 is 2.71 bits per heavy atom. The second-order valence-corrected chi connectivity index (χ2v) is 4.78. The molecule has 1 aromatic heterocycles. The normalized spacial score (nSPS) is 10.3. The lowest BCUT2D eigenvalue weighted by molar-refractivity contribution is 0.0964. The van der Waals surface area contributed by atoms with E-state index in [9.17, 15) is 4.79 Å². The molecule has 0 fully saturated rings. The summed E-state index contributed by atoms with van der Waals surface area (Å²) in [7, 11) is 1.55. The van der Waals surface area contributed by atoms with E-state index in [0.717, 1.165) is 17.1 Å². The Labute approximate surface area is 113 Å². The molecule has 0 atom stereocenters. The van der Waals surface area contributed by atoms with Crippen LogP contribution in [0.25, 0.3) is 10.4 Å². The molecule has 1 amide bonds. The van der Waals surface area contributed by atoms with Crippen LogP contribution in [0.4, 0.5) is 0 Å². The number of carbonyl (C=O) groups excluding carboxylic acids is 1. The van der Waals surface area contributed by atoms with Gasteiger partial charge in [-0.2, -0.15) is 4.37 Å². The van der Waals surface area contributed by atoms with E-state index in [2.05, 4.69) is 9.69 Å². The molecule has 0 radical (unpaired) electrons. The van der Waals surface area contributed by atoms with Gasteiger partial charge in [-0.05, 0) is 17.6 Å². The standard InChI is InChI=1S/C11H8Cl2N2OS/c1-14-11(16)8-9(17-15-10(8)13)6-4-2-3-5-7(6)12/h2-5H,1H3,(H,14,16). The minimum Gasteiger partial charge on any atom is -0.355 e. The molecule has 6 heteroatoms. The zero-order valence-electron chi connectivity index (χ0n) is 8.83. The van der Waals surface area contributed by atoms with Gasteiger partial charge >= 0.3 is 0 Å². The summed E-state index contributed by atoms with van der Waals surface area (Å²) in [5.41, 5.74) is 1.13. The Bertz CT molecular complexity index is 568. The number of amides is 1. The van der Waals surface area contributed by atoms with Gasteiger partial charge in [0, 0.05) is 17.6 Å². The van der Waals surface area contributed by atoms with E-state index in [1.165, 1.54) is 0 Å². The molecule has 0 aliphatic carbocycles. The monoisotopic (exact) mass is 286 g/mol. The molecule has 17 heavy (non-hydrogen) atoms. The molecular formula is C11H8Cl2N2OS. The third-order valence-corrected chi connectivity index (χ3v) is 3.81. The van der Waals surface area contributed by atoms with Crippen molar-refractivity contribution in [2.24, 2.45) is 0 Å². The number of halogens is 2. The summed E-state index contributed by atoms with van der Waals surface area (Å²) in [5, 5.41) is 3.30. The molecule has 88 valence electrons. The molecule has 0 saturated carbocycles. The number of carbonyl (C=O) groups is 1. The van der Waals surface area contributed by atoms with Crippen LogP contribution in [0.3, 0.4) is 0 Å². The number of hydrogen-bond donors (Lipinski definition) is 1. The summed E-state index contributed by atoms with van der Waals surface area (Å²) in [4.78, 5) is 12.4. The smallest absolute Gasteiger partial charge is 0.255 e. The van der Waals surface area contributed by atoms with Gasteiger partial charge in [-0.25, -0.2) is 0 Å². The fourth-order valence-electron chi connectivity index (χ4n) is 1.42. The quantitative estimate of drug-likeness (QED) is 0.918. The van der Waals surface area contributed by atoms with Crippen molar-refractivity contribution < 1.29 is 4.79 Å². The van der Waals surface area contributed by atoms with Gasteiger partial charge in [-0.3, -0.25) is 4.79 Å². The number of nitrogens with zero attached hydrogens (tertiary/aromatic N) is 1. The first-order valence-electron chi connectivity index (χ1n) is 4.77. The molecule has 0 unspecified atom stereocenters. The molecule has 0 saturated heterocycles. The molecule has 0 bridgehead atoms. The van der Waals surface area contributed by atoms with Crippen LogP contribution in [-0.4, -0.2) is 17.3 Å². The molecule has 1 N–H and O–H groups in total. The summed E-state index contributed by atoms with van der Waals surface area (Å²) in [6.45, 7) is 0. The maximum Gasteiger partial charge on any atom is 0.255 e.